The van der Waals surface area contributed by atoms with Crippen molar-refractivity contribution >= 4 is 11.3 Å². The van der Waals surface area contributed by atoms with Crippen molar-refractivity contribution in [1.29, 1.82) is 0 Å². The van der Waals surface area contributed by atoms with Crippen LogP contribution in [-0.4, -0.2) is 10.1 Å². The van der Waals surface area contributed by atoms with Gasteiger partial charge in [0.25, 0.3) is 0 Å². The molecule has 1 unspecified atom stereocenters. The van der Waals surface area contributed by atoms with Gasteiger partial charge < -0.3 is 5.11 Å². The summed E-state index contributed by atoms with van der Waals surface area (Å²) in [7, 11) is 0. The van der Waals surface area contributed by atoms with Gasteiger partial charge in [-0.25, -0.2) is 4.98 Å². The van der Waals surface area contributed by atoms with Gasteiger partial charge in [-0.2, -0.15) is 0 Å². The molecule has 3 heteroatoms. The topological polar surface area (TPSA) is 33.1 Å². The maximum atomic E-state index is 10.4. The second-order valence-corrected chi connectivity index (χ2v) is 5.95. The Morgan fingerprint density at radius 1 is 1.17 bits per heavy atom. The number of thiazole rings is 1. The number of aliphatic hydroxyl groups is 1. The number of rotatable bonds is 3. The molecule has 0 aliphatic rings. The predicted molar refractivity (Wildman–Crippen MR) is 76.2 cm³/mol. The summed E-state index contributed by atoms with van der Waals surface area (Å²) in [5, 5.41) is 13.5. The van der Waals surface area contributed by atoms with Crippen LogP contribution >= 0.6 is 11.3 Å². The van der Waals surface area contributed by atoms with Gasteiger partial charge in [-0.3, -0.25) is 0 Å². The smallest absolute Gasteiger partial charge is 0.0897 e. The summed E-state index contributed by atoms with van der Waals surface area (Å²) in [6.45, 7) is 8.19. The SMILES string of the molecule is Cc1cc(C)c(C(O)Cc2csc(C)n2)c(C)c1. The lowest BCUT2D eigenvalue weighted by Gasteiger charge is -2.16. The highest BCUT2D eigenvalue weighted by Gasteiger charge is 2.15. The average Bonchev–Trinajstić information content (AvgIpc) is 2.62. The van der Waals surface area contributed by atoms with Gasteiger partial charge in [0.2, 0.25) is 0 Å². The second kappa shape index (κ2) is 5.21. The molecule has 0 bridgehead atoms. The number of nitrogens with zero attached hydrogens (tertiary/aromatic N) is 1. The van der Waals surface area contributed by atoms with Gasteiger partial charge in [-0.15, -0.1) is 11.3 Å². The third-order valence-electron chi connectivity index (χ3n) is 3.14. The summed E-state index contributed by atoms with van der Waals surface area (Å²) in [5.74, 6) is 0. The molecule has 1 N–H and O–H groups in total. The molecule has 0 amide bonds. The van der Waals surface area contributed by atoms with E-state index in [0.29, 0.717) is 6.42 Å². The lowest BCUT2D eigenvalue weighted by atomic mass is 9.93. The Labute approximate surface area is 112 Å². The van der Waals surface area contributed by atoms with Gasteiger partial charge in [0.1, 0.15) is 0 Å². The molecular formula is C15H19NOS. The summed E-state index contributed by atoms with van der Waals surface area (Å²) in [6, 6.07) is 4.25. The minimum atomic E-state index is -0.466. The molecule has 0 saturated carbocycles. The Bertz CT molecular complexity index is 536. The summed E-state index contributed by atoms with van der Waals surface area (Å²) in [5.41, 5.74) is 5.58. The summed E-state index contributed by atoms with van der Waals surface area (Å²) in [4.78, 5) is 4.41. The Balaban J connectivity index is 2.26. The molecule has 2 nitrogen and oxygen atoms in total. The van der Waals surface area contributed by atoms with Crippen molar-refractivity contribution in [2.24, 2.45) is 0 Å². The van der Waals surface area contributed by atoms with Crippen molar-refractivity contribution in [3.8, 4) is 0 Å². The average molecular weight is 261 g/mol. The van der Waals surface area contributed by atoms with Crippen molar-refractivity contribution in [2.45, 2.75) is 40.2 Å². The fraction of sp³-hybridized carbons (Fsp3) is 0.400. The Hall–Kier alpha value is -1.19. The molecule has 96 valence electrons. The molecule has 2 aromatic rings. The van der Waals surface area contributed by atoms with Crippen LogP contribution in [0.15, 0.2) is 17.5 Å². The van der Waals surface area contributed by atoms with Crippen LogP contribution in [0.25, 0.3) is 0 Å². The monoisotopic (exact) mass is 261 g/mol. The van der Waals surface area contributed by atoms with Crippen molar-refractivity contribution in [3.63, 3.8) is 0 Å². The van der Waals surface area contributed by atoms with Gasteiger partial charge in [0, 0.05) is 11.8 Å². The third kappa shape index (κ3) is 2.79. The van der Waals surface area contributed by atoms with Gasteiger partial charge in [0.15, 0.2) is 0 Å². The molecule has 1 atom stereocenters. The number of aryl methyl sites for hydroxylation is 4. The molecule has 0 saturated heterocycles. The maximum Gasteiger partial charge on any atom is 0.0897 e. The largest absolute Gasteiger partial charge is 0.388 e. The molecule has 0 aliphatic heterocycles. The van der Waals surface area contributed by atoms with Gasteiger partial charge >= 0.3 is 0 Å². The zero-order valence-electron chi connectivity index (χ0n) is 11.3. The Kier molecular flexibility index (Phi) is 3.83. The number of benzene rings is 1. The standard InChI is InChI=1S/C15H19NOS/c1-9-5-10(2)15(11(3)6-9)14(17)7-13-8-18-12(4)16-13/h5-6,8,14,17H,7H2,1-4H3. The van der Waals surface area contributed by atoms with Crippen molar-refractivity contribution in [2.75, 3.05) is 0 Å². The van der Waals surface area contributed by atoms with E-state index in [4.69, 9.17) is 0 Å². The number of hydrogen-bond donors (Lipinski definition) is 1. The maximum absolute atomic E-state index is 10.4. The van der Waals surface area contributed by atoms with Crippen LogP contribution < -0.4 is 0 Å². The van der Waals surface area contributed by atoms with E-state index in [0.717, 1.165) is 27.4 Å². The Morgan fingerprint density at radius 2 is 1.78 bits per heavy atom. The van der Waals surface area contributed by atoms with E-state index in [1.807, 2.05) is 12.3 Å². The lowest BCUT2D eigenvalue weighted by Crippen LogP contribution is -2.07. The van der Waals surface area contributed by atoms with Gasteiger partial charge in [-0.1, -0.05) is 17.7 Å². The zero-order chi connectivity index (χ0) is 13.3. The van der Waals surface area contributed by atoms with Crippen molar-refractivity contribution in [3.05, 3.63) is 50.5 Å². The molecule has 0 radical (unpaired) electrons. The number of hydrogen-bond acceptors (Lipinski definition) is 3. The van der Waals surface area contributed by atoms with Crippen LogP contribution in [-0.2, 0) is 6.42 Å². The fourth-order valence-corrected chi connectivity index (χ4v) is 3.14. The first-order chi connectivity index (χ1) is 8.47. The van der Waals surface area contributed by atoms with E-state index in [-0.39, 0.29) is 0 Å². The van der Waals surface area contributed by atoms with Crippen LogP contribution in [0.3, 0.4) is 0 Å². The molecule has 0 fully saturated rings. The van der Waals surface area contributed by atoms with E-state index in [2.05, 4.69) is 37.9 Å². The normalized spacial score (nSPS) is 12.7. The zero-order valence-corrected chi connectivity index (χ0v) is 12.1. The summed E-state index contributed by atoms with van der Waals surface area (Å²) in [6.07, 6.45) is 0.127. The van der Waals surface area contributed by atoms with Gasteiger partial charge in [-0.05, 0) is 44.4 Å². The van der Waals surface area contributed by atoms with E-state index in [1.165, 1.54) is 5.56 Å². The molecule has 1 aromatic carbocycles. The van der Waals surface area contributed by atoms with Crippen LogP contribution in [0.4, 0.5) is 0 Å². The van der Waals surface area contributed by atoms with E-state index in [9.17, 15) is 5.11 Å². The quantitative estimate of drug-likeness (QED) is 0.914. The molecule has 1 aromatic heterocycles. The van der Waals surface area contributed by atoms with Crippen LogP contribution in [0.2, 0.25) is 0 Å². The fourth-order valence-electron chi connectivity index (χ4n) is 2.52. The highest BCUT2D eigenvalue weighted by Crippen LogP contribution is 2.26. The molecule has 0 aliphatic carbocycles. The van der Waals surface area contributed by atoms with E-state index in [1.54, 1.807) is 11.3 Å². The lowest BCUT2D eigenvalue weighted by molar-refractivity contribution is 0.176. The highest BCUT2D eigenvalue weighted by atomic mass is 32.1. The first-order valence-corrected chi connectivity index (χ1v) is 7.02. The van der Waals surface area contributed by atoms with Crippen molar-refractivity contribution < 1.29 is 5.11 Å². The molecule has 0 spiro atoms. The van der Waals surface area contributed by atoms with Crippen LogP contribution in [0, 0.1) is 27.7 Å². The molecular weight excluding hydrogens is 242 g/mol. The number of aliphatic hydroxyl groups excluding tert-OH is 1. The minimum Gasteiger partial charge on any atom is -0.388 e. The molecule has 2 rings (SSSR count). The first-order valence-electron chi connectivity index (χ1n) is 6.14. The predicted octanol–water partition coefficient (Wildman–Crippen LogP) is 3.65. The van der Waals surface area contributed by atoms with Crippen molar-refractivity contribution in [1.82, 2.24) is 4.98 Å². The summed E-state index contributed by atoms with van der Waals surface area (Å²) >= 11 is 1.63. The number of aromatic nitrogens is 1. The van der Waals surface area contributed by atoms with E-state index < -0.39 is 6.10 Å². The van der Waals surface area contributed by atoms with Crippen LogP contribution in [0.1, 0.15) is 39.1 Å². The molecule has 18 heavy (non-hydrogen) atoms. The van der Waals surface area contributed by atoms with E-state index >= 15 is 0 Å². The first kappa shape index (κ1) is 13.2. The highest BCUT2D eigenvalue weighted by molar-refractivity contribution is 7.09. The molecule has 1 heterocycles. The minimum absolute atomic E-state index is 0.466. The Morgan fingerprint density at radius 3 is 2.28 bits per heavy atom. The third-order valence-corrected chi connectivity index (χ3v) is 3.96. The second-order valence-electron chi connectivity index (χ2n) is 4.89. The summed E-state index contributed by atoms with van der Waals surface area (Å²) < 4.78 is 0. The van der Waals surface area contributed by atoms with Gasteiger partial charge in [0.05, 0.1) is 16.8 Å². The van der Waals surface area contributed by atoms with Crippen LogP contribution in [0.5, 0.6) is 0 Å².